The van der Waals surface area contributed by atoms with Crippen LogP contribution in [0.15, 0.2) is 73.3 Å². The standard InChI is InChI=1S/C32H42N8O8.C22H22N8O6/c41-16-20-47-18-5-9-24(43)7-1-8-25(44)22-23-6-3-13-34-29(23)31-37-39-32(40-38-31)30-26(10-4-14-35-30)36-28(46)12-2-11-27(45)33-15-19-48-21-17-42;31-15(7-1-9-17(33)34)25-13-5-3-11-23-19(13)21-27-29-22(30-28-21)20-14(6-4-12-24-20)26-16(32)8-2-10-18(35)36/h3-4,6,10,13-14,41-42H,1-2,5,7-9,11-12,15-22H2,(H,33,45)(H,36,46);3-6,11-12H,1-2,7-10H2,(H,25,31)(H,26,32)(H,33,34)(H,35,36). The first-order valence-corrected chi connectivity index (χ1v) is 26.7. The van der Waals surface area contributed by atoms with Gasteiger partial charge in [-0.25, -0.2) is 0 Å². The highest BCUT2D eigenvalue weighted by Crippen LogP contribution is 2.26. The van der Waals surface area contributed by atoms with Gasteiger partial charge in [0.15, 0.2) is 0 Å². The van der Waals surface area contributed by atoms with Crippen molar-refractivity contribution in [2.24, 2.45) is 0 Å². The molecule has 0 unspecified atom stereocenters. The van der Waals surface area contributed by atoms with Crippen molar-refractivity contribution in [2.75, 3.05) is 62.1 Å². The number of ether oxygens (including phenoxy) is 2. The lowest BCUT2D eigenvalue weighted by atomic mass is 10.0. The van der Waals surface area contributed by atoms with E-state index < -0.39 is 11.9 Å². The van der Waals surface area contributed by atoms with Crippen molar-refractivity contribution >= 4 is 64.2 Å². The van der Waals surface area contributed by atoms with Gasteiger partial charge in [-0.3, -0.25) is 58.3 Å². The molecule has 6 rings (SSSR count). The van der Waals surface area contributed by atoms with E-state index in [-0.39, 0.29) is 166 Å². The highest BCUT2D eigenvalue weighted by atomic mass is 16.5. The zero-order chi connectivity index (χ0) is 60.3. The predicted octanol–water partition coefficient (Wildman–Crippen LogP) is 3.04. The van der Waals surface area contributed by atoms with Crippen LogP contribution in [0.1, 0.15) is 95.5 Å². The lowest BCUT2D eigenvalue weighted by molar-refractivity contribution is -0.138. The van der Waals surface area contributed by atoms with Crippen LogP contribution in [0.4, 0.5) is 17.1 Å². The molecule has 444 valence electrons. The van der Waals surface area contributed by atoms with Crippen molar-refractivity contribution in [3.05, 3.63) is 78.9 Å². The van der Waals surface area contributed by atoms with Crippen molar-refractivity contribution in [3.8, 4) is 46.1 Å². The van der Waals surface area contributed by atoms with Gasteiger partial charge in [-0.2, -0.15) is 0 Å². The number of carbonyl (C=O) groups excluding carboxylic acids is 6. The Bertz CT molecular complexity index is 2920. The smallest absolute Gasteiger partial charge is 0.303 e. The first-order chi connectivity index (χ1) is 40.7. The number of aliphatic carboxylic acids is 2. The molecule has 6 heterocycles. The summed E-state index contributed by atoms with van der Waals surface area (Å²) < 4.78 is 10.2. The molecular formula is C54H64N16O14. The van der Waals surface area contributed by atoms with Crippen molar-refractivity contribution in [3.63, 3.8) is 0 Å². The van der Waals surface area contributed by atoms with Gasteiger partial charge >= 0.3 is 11.9 Å². The third-order valence-electron chi connectivity index (χ3n) is 11.4. The molecule has 30 heteroatoms. The number of carbonyl (C=O) groups is 8. The molecule has 0 fully saturated rings. The number of nitrogens with zero attached hydrogens (tertiary/aromatic N) is 12. The number of Topliss-reactive ketones (excluding diaryl/α,β-unsaturated/α-hetero) is 2. The van der Waals surface area contributed by atoms with Crippen molar-refractivity contribution in [1.29, 1.82) is 0 Å². The van der Waals surface area contributed by atoms with Crippen LogP contribution in [0.2, 0.25) is 0 Å². The maximum Gasteiger partial charge on any atom is 0.303 e. The van der Waals surface area contributed by atoms with Crippen molar-refractivity contribution < 1.29 is 68.3 Å². The number of carboxylic acids is 2. The van der Waals surface area contributed by atoms with Crippen LogP contribution in [0.25, 0.3) is 46.1 Å². The second-order valence-electron chi connectivity index (χ2n) is 18.0. The molecule has 0 aliphatic carbocycles. The first-order valence-electron chi connectivity index (χ1n) is 26.7. The highest BCUT2D eigenvalue weighted by molar-refractivity contribution is 5.96. The number of aliphatic hydroxyl groups is 2. The SMILES string of the molecule is O=C(CCCOCCO)CCCC(=O)Cc1cccnc1-c1nnc(-c2ncccc2NC(=O)CCCC(=O)NCCOCCO)nn1.O=C(O)CCCC(=O)Nc1cccnc1-c1nnc(-c2ncccc2NC(=O)CCCC(=O)O)nn1. The molecule has 0 spiro atoms. The molecule has 4 amide bonds. The second kappa shape index (κ2) is 36.8. The summed E-state index contributed by atoms with van der Waals surface area (Å²) in [5.41, 5.74) is 2.59. The molecule has 6 aromatic heterocycles. The van der Waals surface area contributed by atoms with E-state index in [1.54, 1.807) is 54.7 Å². The van der Waals surface area contributed by atoms with Gasteiger partial charge in [0, 0.05) is 102 Å². The summed E-state index contributed by atoms with van der Waals surface area (Å²) in [6, 6.07) is 13.1. The fraction of sp³-hybridized carbons (Fsp3) is 0.407. The minimum Gasteiger partial charge on any atom is -0.481 e. The van der Waals surface area contributed by atoms with Gasteiger partial charge in [0.1, 0.15) is 34.3 Å². The predicted molar refractivity (Wildman–Crippen MR) is 297 cm³/mol. The molecule has 30 nitrogen and oxygen atoms in total. The highest BCUT2D eigenvalue weighted by Gasteiger charge is 2.20. The summed E-state index contributed by atoms with van der Waals surface area (Å²) in [6.45, 7) is 1.35. The van der Waals surface area contributed by atoms with Crippen LogP contribution >= 0.6 is 0 Å². The number of amides is 4. The molecule has 0 bridgehead atoms. The van der Waals surface area contributed by atoms with Gasteiger partial charge in [-0.1, -0.05) is 6.07 Å². The summed E-state index contributed by atoms with van der Waals surface area (Å²) in [7, 11) is 0. The molecule has 0 radical (unpaired) electrons. The number of pyridine rings is 4. The number of nitrogens with one attached hydrogen (secondary N) is 4. The lowest BCUT2D eigenvalue weighted by Gasteiger charge is -2.10. The Hall–Kier alpha value is -9.52. The number of anilines is 3. The minimum absolute atomic E-state index is 0.0153. The van der Waals surface area contributed by atoms with Crippen LogP contribution in [-0.2, 0) is 54.3 Å². The average Bonchev–Trinajstić information content (AvgIpc) is 3.69. The molecule has 8 N–H and O–H groups in total. The molecular weight excluding hydrogens is 1100 g/mol. The third-order valence-corrected chi connectivity index (χ3v) is 11.4. The van der Waals surface area contributed by atoms with Crippen LogP contribution in [-0.4, -0.2) is 174 Å². The normalized spacial score (nSPS) is 10.7. The topological polar surface area (TPSA) is 439 Å². The Kier molecular flexibility index (Phi) is 28.6. The van der Waals surface area contributed by atoms with E-state index in [4.69, 9.17) is 29.9 Å². The number of hydrogen-bond acceptors (Lipinski definition) is 24. The van der Waals surface area contributed by atoms with E-state index in [0.29, 0.717) is 80.2 Å². The summed E-state index contributed by atoms with van der Waals surface area (Å²) in [6.07, 6.45) is 8.78. The number of rotatable bonds is 36. The molecule has 0 saturated carbocycles. The number of carboxylic acid groups (broad SMARTS) is 2. The number of aliphatic hydroxyl groups excluding tert-OH is 2. The van der Waals surface area contributed by atoms with Crippen LogP contribution in [0.5, 0.6) is 0 Å². The van der Waals surface area contributed by atoms with E-state index in [2.05, 4.69) is 82.0 Å². The van der Waals surface area contributed by atoms with E-state index in [1.165, 1.54) is 18.6 Å². The first kappa shape index (κ1) is 65.3. The molecule has 0 aromatic carbocycles. The Labute approximate surface area is 480 Å². The lowest BCUT2D eigenvalue weighted by Crippen LogP contribution is -2.27. The maximum atomic E-state index is 12.7. The molecule has 0 aliphatic rings. The van der Waals surface area contributed by atoms with Gasteiger partial charge in [-0.15, -0.1) is 40.8 Å². The maximum absolute atomic E-state index is 12.7. The van der Waals surface area contributed by atoms with Gasteiger partial charge in [0.2, 0.25) is 46.9 Å². The van der Waals surface area contributed by atoms with E-state index >= 15 is 0 Å². The van der Waals surface area contributed by atoms with Gasteiger partial charge in [0.25, 0.3) is 0 Å². The third kappa shape index (κ3) is 23.9. The zero-order valence-electron chi connectivity index (χ0n) is 45.7. The van der Waals surface area contributed by atoms with Gasteiger partial charge in [-0.05, 0) is 80.1 Å². The second-order valence-corrected chi connectivity index (χ2v) is 18.0. The fourth-order valence-electron chi connectivity index (χ4n) is 7.49. The quantitative estimate of drug-likeness (QED) is 0.0262. The average molecular weight is 1160 g/mol. The molecule has 0 atom stereocenters. The van der Waals surface area contributed by atoms with Crippen LogP contribution < -0.4 is 21.3 Å². The Morgan fingerprint density at radius 3 is 1.19 bits per heavy atom. The van der Waals surface area contributed by atoms with E-state index in [0.717, 1.165) is 0 Å². The summed E-state index contributed by atoms with van der Waals surface area (Å²) in [4.78, 5) is 112. The minimum atomic E-state index is -0.982. The summed E-state index contributed by atoms with van der Waals surface area (Å²) in [5.74, 6) is -3.03. The monoisotopic (exact) mass is 1160 g/mol. The summed E-state index contributed by atoms with van der Waals surface area (Å²) >= 11 is 0. The Morgan fingerprint density at radius 1 is 0.393 bits per heavy atom. The largest absolute Gasteiger partial charge is 0.481 e. The molecule has 6 aromatic rings. The van der Waals surface area contributed by atoms with Crippen LogP contribution in [0, 0.1) is 0 Å². The number of hydrogen-bond donors (Lipinski definition) is 8. The Morgan fingerprint density at radius 2 is 0.750 bits per heavy atom. The van der Waals surface area contributed by atoms with Crippen molar-refractivity contribution in [1.82, 2.24) is 66.0 Å². The van der Waals surface area contributed by atoms with Gasteiger partial charge in [0.05, 0.1) is 50.1 Å². The molecule has 0 aliphatic heterocycles. The zero-order valence-corrected chi connectivity index (χ0v) is 45.7. The van der Waals surface area contributed by atoms with E-state index in [9.17, 15) is 38.4 Å². The number of aromatic nitrogens is 12. The van der Waals surface area contributed by atoms with Gasteiger partial charge < -0.3 is 51.2 Å². The summed E-state index contributed by atoms with van der Waals surface area (Å²) in [5, 5.41) is 78.4. The fourth-order valence-corrected chi connectivity index (χ4v) is 7.49. The van der Waals surface area contributed by atoms with E-state index in [1.807, 2.05) is 0 Å². The van der Waals surface area contributed by atoms with Crippen LogP contribution in [0.3, 0.4) is 0 Å². The molecule has 84 heavy (non-hydrogen) atoms. The number of ketones is 2. The molecule has 0 saturated heterocycles. The Balaban J connectivity index is 0.000000320. The van der Waals surface area contributed by atoms with Crippen molar-refractivity contribution in [2.45, 2.75) is 96.3 Å².